The van der Waals surface area contributed by atoms with Gasteiger partial charge in [-0.25, -0.2) is 0 Å². The highest BCUT2D eigenvalue weighted by Gasteiger charge is 2.05. The summed E-state index contributed by atoms with van der Waals surface area (Å²) in [6.45, 7) is 4.09. The molecule has 0 bridgehead atoms. The number of rotatable bonds is 5. The zero-order chi connectivity index (χ0) is 8.69. The van der Waals surface area contributed by atoms with Gasteiger partial charge >= 0.3 is 0 Å². The SMILES string of the molecule is CCOC(C)CSC(=O)CO. The third-order valence-corrected chi connectivity index (χ3v) is 2.15. The van der Waals surface area contributed by atoms with Crippen molar-refractivity contribution in [2.24, 2.45) is 0 Å². The van der Waals surface area contributed by atoms with E-state index in [2.05, 4.69) is 0 Å². The second-order valence-corrected chi connectivity index (χ2v) is 3.18. The third-order valence-electron chi connectivity index (χ3n) is 1.06. The van der Waals surface area contributed by atoms with Gasteiger partial charge in [0, 0.05) is 12.4 Å². The molecule has 0 aromatic heterocycles. The van der Waals surface area contributed by atoms with Gasteiger partial charge in [0.15, 0.2) is 0 Å². The smallest absolute Gasteiger partial charge is 0.214 e. The maximum absolute atomic E-state index is 10.6. The van der Waals surface area contributed by atoms with E-state index in [1.807, 2.05) is 13.8 Å². The van der Waals surface area contributed by atoms with Crippen molar-refractivity contribution in [1.82, 2.24) is 0 Å². The number of aliphatic hydroxyl groups excluding tert-OH is 1. The first-order valence-electron chi connectivity index (χ1n) is 3.58. The van der Waals surface area contributed by atoms with Crippen molar-refractivity contribution in [2.45, 2.75) is 20.0 Å². The number of carbonyl (C=O) groups excluding carboxylic acids is 1. The van der Waals surface area contributed by atoms with E-state index < -0.39 is 0 Å². The molecule has 1 unspecified atom stereocenters. The predicted octanol–water partition coefficient (Wildman–Crippen LogP) is 0.663. The van der Waals surface area contributed by atoms with E-state index in [0.29, 0.717) is 12.4 Å². The van der Waals surface area contributed by atoms with Crippen LogP contribution in [0.2, 0.25) is 0 Å². The van der Waals surface area contributed by atoms with Gasteiger partial charge in [0.05, 0.1) is 6.10 Å². The summed E-state index contributed by atoms with van der Waals surface area (Å²) in [5.74, 6) is 0.618. The van der Waals surface area contributed by atoms with Crippen LogP contribution in [-0.2, 0) is 9.53 Å². The highest BCUT2D eigenvalue weighted by molar-refractivity contribution is 8.13. The molecule has 3 nitrogen and oxygen atoms in total. The first kappa shape index (κ1) is 10.9. The van der Waals surface area contributed by atoms with Crippen molar-refractivity contribution in [2.75, 3.05) is 19.0 Å². The van der Waals surface area contributed by atoms with Gasteiger partial charge in [-0.2, -0.15) is 0 Å². The fraction of sp³-hybridized carbons (Fsp3) is 0.857. The Morgan fingerprint density at radius 2 is 2.36 bits per heavy atom. The fourth-order valence-electron chi connectivity index (χ4n) is 0.589. The van der Waals surface area contributed by atoms with Gasteiger partial charge in [0.1, 0.15) is 6.61 Å². The summed E-state index contributed by atoms with van der Waals surface area (Å²) in [5, 5.41) is 8.17. The van der Waals surface area contributed by atoms with Crippen LogP contribution in [0.1, 0.15) is 13.8 Å². The van der Waals surface area contributed by atoms with Crippen molar-refractivity contribution >= 4 is 16.9 Å². The highest BCUT2D eigenvalue weighted by atomic mass is 32.2. The Morgan fingerprint density at radius 3 is 2.82 bits per heavy atom. The molecule has 1 N–H and O–H groups in total. The monoisotopic (exact) mass is 178 g/mol. The molecule has 0 heterocycles. The van der Waals surface area contributed by atoms with Crippen LogP contribution >= 0.6 is 11.8 Å². The number of aliphatic hydroxyl groups is 1. The third kappa shape index (κ3) is 6.34. The summed E-state index contributed by atoms with van der Waals surface area (Å²) < 4.78 is 5.18. The minimum absolute atomic E-state index is 0.0838. The lowest BCUT2D eigenvalue weighted by Gasteiger charge is -2.08. The van der Waals surface area contributed by atoms with Crippen LogP contribution in [0.5, 0.6) is 0 Å². The summed E-state index contributed by atoms with van der Waals surface area (Å²) in [7, 11) is 0. The minimum Gasteiger partial charge on any atom is -0.388 e. The van der Waals surface area contributed by atoms with Crippen LogP contribution < -0.4 is 0 Å². The first-order valence-corrected chi connectivity index (χ1v) is 4.57. The van der Waals surface area contributed by atoms with E-state index in [-0.39, 0.29) is 17.8 Å². The second-order valence-electron chi connectivity index (χ2n) is 2.11. The number of hydrogen-bond acceptors (Lipinski definition) is 4. The average Bonchev–Trinajstić information content (AvgIpc) is 2.01. The molecule has 0 aromatic carbocycles. The Bertz CT molecular complexity index is 116. The largest absolute Gasteiger partial charge is 0.388 e. The summed E-state index contributed by atoms with van der Waals surface area (Å²) in [5.41, 5.74) is 0. The standard InChI is InChI=1S/C7H14O3S/c1-3-10-6(2)5-11-7(9)4-8/h6,8H,3-5H2,1-2H3. The molecule has 0 fully saturated rings. The molecule has 1 atom stereocenters. The molecule has 0 spiro atoms. The zero-order valence-corrected chi connectivity index (χ0v) is 7.69. The van der Waals surface area contributed by atoms with Crippen LogP contribution in [0.25, 0.3) is 0 Å². The van der Waals surface area contributed by atoms with Crippen LogP contribution in [-0.4, -0.2) is 35.3 Å². The molecule has 0 aliphatic rings. The van der Waals surface area contributed by atoms with Gasteiger partial charge in [-0.1, -0.05) is 11.8 Å². The molecule has 11 heavy (non-hydrogen) atoms. The van der Waals surface area contributed by atoms with Crippen LogP contribution in [0.4, 0.5) is 0 Å². The van der Waals surface area contributed by atoms with Crippen LogP contribution in [0, 0.1) is 0 Å². The van der Waals surface area contributed by atoms with Crippen molar-refractivity contribution < 1.29 is 14.6 Å². The maximum atomic E-state index is 10.6. The molecule has 0 aliphatic carbocycles. The Kier molecular flexibility index (Phi) is 6.60. The van der Waals surface area contributed by atoms with E-state index in [1.54, 1.807) is 0 Å². The quantitative estimate of drug-likeness (QED) is 0.672. The van der Waals surface area contributed by atoms with Crippen molar-refractivity contribution in [3.63, 3.8) is 0 Å². The lowest BCUT2D eigenvalue weighted by Crippen LogP contribution is -2.13. The summed E-state index contributed by atoms with van der Waals surface area (Å²) in [4.78, 5) is 10.6. The molecule has 66 valence electrons. The second kappa shape index (κ2) is 6.64. The van der Waals surface area contributed by atoms with Gasteiger partial charge in [-0.05, 0) is 13.8 Å². The fourth-order valence-corrected chi connectivity index (χ4v) is 1.20. The van der Waals surface area contributed by atoms with Crippen molar-refractivity contribution in [3.8, 4) is 0 Å². The molecular weight excluding hydrogens is 164 g/mol. The van der Waals surface area contributed by atoms with Crippen LogP contribution in [0.15, 0.2) is 0 Å². The Morgan fingerprint density at radius 1 is 1.73 bits per heavy atom. The molecule has 0 aromatic rings. The van der Waals surface area contributed by atoms with Gasteiger partial charge in [0.25, 0.3) is 0 Å². The number of carbonyl (C=O) groups is 1. The summed E-state index contributed by atoms with van der Waals surface area (Å²) in [6, 6.07) is 0. The molecule has 0 saturated heterocycles. The van der Waals surface area contributed by atoms with E-state index in [0.717, 1.165) is 11.8 Å². The first-order chi connectivity index (χ1) is 5.20. The molecule has 4 heteroatoms. The molecular formula is C7H14O3S. The normalized spacial score (nSPS) is 13.0. The lowest BCUT2D eigenvalue weighted by atomic mass is 10.5. The average molecular weight is 178 g/mol. The van der Waals surface area contributed by atoms with Crippen molar-refractivity contribution in [3.05, 3.63) is 0 Å². The van der Waals surface area contributed by atoms with Crippen molar-refractivity contribution in [1.29, 1.82) is 0 Å². The molecule has 0 radical (unpaired) electrons. The van der Waals surface area contributed by atoms with Gasteiger partial charge in [-0.3, -0.25) is 4.79 Å². The highest BCUT2D eigenvalue weighted by Crippen LogP contribution is 2.05. The predicted molar refractivity (Wildman–Crippen MR) is 45.6 cm³/mol. The lowest BCUT2D eigenvalue weighted by molar-refractivity contribution is -0.113. The van der Waals surface area contributed by atoms with Gasteiger partial charge in [0.2, 0.25) is 5.12 Å². The van der Waals surface area contributed by atoms with E-state index in [1.165, 1.54) is 0 Å². The minimum atomic E-state index is -0.385. The molecule has 0 aliphatic heterocycles. The van der Waals surface area contributed by atoms with E-state index in [4.69, 9.17) is 9.84 Å². The Hall–Kier alpha value is -0.0600. The molecule has 0 rings (SSSR count). The number of thioether (sulfide) groups is 1. The van der Waals surface area contributed by atoms with E-state index in [9.17, 15) is 4.79 Å². The van der Waals surface area contributed by atoms with E-state index >= 15 is 0 Å². The van der Waals surface area contributed by atoms with Crippen LogP contribution in [0.3, 0.4) is 0 Å². The molecule has 0 saturated carbocycles. The summed E-state index contributed by atoms with van der Waals surface area (Å²) >= 11 is 1.11. The maximum Gasteiger partial charge on any atom is 0.214 e. The Balaban J connectivity index is 3.29. The zero-order valence-electron chi connectivity index (χ0n) is 6.87. The summed E-state index contributed by atoms with van der Waals surface area (Å²) in [6.07, 6.45) is 0.0838. The Labute approximate surface area is 71.1 Å². The number of ether oxygens (including phenoxy) is 1. The molecule has 0 amide bonds. The topological polar surface area (TPSA) is 46.5 Å². The number of hydrogen-bond donors (Lipinski definition) is 1. The van der Waals surface area contributed by atoms with Gasteiger partial charge in [-0.15, -0.1) is 0 Å². The van der Waals surface area contributed by atoms with Gasteiger partial charge < -0.3 is 9.84 Å².